The van der Waals surface area contributed by atoms with E-state index in [1.165, 1.54) is 68.9 Å². The second-order valence-corrected chi connectivity index (χ2v) is 27.9. The van der Waals surface area contributed by atoms with E-state index < -0.39 is 27.1 Å². The average Bonchev–Trinajstić information content (AvgIpc) is 3.10. The number of hydrogen-bond acceptors (Lipinski definition) is 1. The number of benzene rings is 1. The van der Waals surface area contributed by atoms with E-state index in [2.05, 4.69) is 52.8 Å². The Kier molecular flexibility index (Phi) is 14.1. The Bertz CT molecular complexity index is 658. The van der Waals surface area contributed by atoms with Crippen LogP contribution in [-0.4, -0.2) is 11.8 Å². The van der Waals surface area contributed by atoms with Gasteiger partial charge in [-0.05, 0) is 0 Å². The molecule has 1 aromatic carbocycles. The molecule has 0 heterocycles. The van der Waals surface area contributed by atoms with Gasteiger partial charge in [-0.2, -0.15) is 0 Å². The predicted octanol–water partition coefficient (Wildman–Crippen LogP) is 0.316. The molecule has 6 heteroatoms. The molecule has 1 amide bonds. The summed E-state index contributed by atoms with van der Waals surface area (Å²) in [6.45, 7) is 4.93. The predicted molar refractivity (Wildman–Crippen MR) is 120 cm³/mol. The molecule has 0 bridgehead atoms. The normalized spacial score (nSPS) is 20.2. The molecule has 1 atom stereocenters. The number of allylic oxidation sites excluding steroid dienone is 1. The summed E-state index contributed by atoms with van der Waals surface area (Å²) in [7, 11) is 0. The minimum Gasteiger partial charge on any atom is -1.00 e. The van der Waals surface area contributed by atoms with Crippen molar-refractivity contribution >= 4 is 17.9 Å². The number of hydrogen-bond donors (Lipinski definition) is 1. The van der Waals surface area contributed by atoms with Crippen LogP contribution in [0.4, 0.5) is 0 Å². The van der Waals surface area contributed by atoms with Crippen molar-refractivity contribution in [2.24, 2.45) is 5.92 Å². The molecule has 167 valence electrons. The maximum absolute atomic E-state index is 13.3. The number of nitrogens with one attached hydrogen (secondary N) is 1. The number of amides is 1. The second-order valence-electron chi connectivity index (χ2n) is 9.02. The molecule has 1 unspecified atom stereocenters. The summed E-state index contributed by atoms with van der Waals surface area (Å²) in [5.74, 6) is -0.155. The Morgan fingerprint density at radius 3 is 2.00 bits per heavy atom. The number of carbonyl (C=O) groups excluding carboxylic acids is 1. The van der Waals surface area contributed by atoms with Crippen LogP contribution < -0.4 is 28.1 Å². The molecule has 1 saturated carbocycles. The zero-order chi connectivity index (χ0) is 19.8. The van der Waals surface area contributed by atoms with E-state index in [1.54, 1.807) is 0 Å². The SMILES string of the molecule is C[SiH](C)[Zr+2]([NH]C(=O)C1CCCCCCCCCCC1)[CH]1C=Cc2ccccc21.[Cl-].[Cl-]. The van der Waals surface area contributed by atoms with Crippen molar-refractivity contribution in [2.45, 2.75) is 87.3 Å². The quantitative estimate of drug-likeness (QED) is 0.542. The molecule has 1 fully saturated rings. The van der Waals surface area contributed by atoms with Crippen LogP contribution in [0.5, 0.6) is 0 Å². The fraction of sp³-hybridized carbons (Fsp3) is 0.625. The maximum Gasteiger partial charge on any atom is -1.00 e. The molecule has 0 aromatic heterocycles. The van der Waals surface area contributed by atoms with Crippen molar-refractivity contribution < 1.29 is 50.8 Å². The fourth-order valence-electron chi connectivity index (χ4n) is 4.77. The van der Waals surface area contributed by atoms with E-state index in [0.717, 1.165) is 12.8 Å². The van der Waals surface area contributed by atoms with Gasteiger partial charge in [0.05, 0.1) is 0 Å². The van der Waals surface area contributed by atoms with Gasteiger partial charge in [0.15, 0.2) is 0 Å². The Hall–Kier alpha value is 0.110. The van der Waals surface area contributed by atoms with Crippen LogP contribution >= 0.6 is 0 Å². The maximum atomic E-state index is 13.3. The van der Waals surface area contributed by atoms with Gasteiger partial charge in [0.2, 0.25) is 0 Å². The smallest absolute Gasteiger partial charge is 1.00 e. The molecule has 0 spiro atoms. The molecule has 0 radical (unpaired) electrons. The molecule has 0 aliphatic heterocycles. The topological polar surface area (TPSA) is 29.1 Å². The van der Waals surface area contributed by atoms with Crippen LogP contribution in [0.25, 0.3) is 6.08 Å². The molecule has 0 saturated heterocycles. The molecule has 2 nitrogen and oxygen atoms in total. The standard InChI is InChI=1S/C13H25NO.C9H7.C2H7Si.2ClH.Zr/c14-13(15)12-10-8-6-4-2-1-3-5-7-9-11-12;1-2-5-9-7-3-6-8(9)4-1;1-3-2;;;/h12H,1-11H2,(H2,14,15);1-7H;3H,1-2H3;2*1H;/q;;;;;+3/p-3. The third-order valence-electron chi connectivity index (χ3n) is 6.50. The number of fused-ring (bicyclic) bond motifs is 1. The first-order chi connectivity index (χ1) is 13.7. The van der Waals surface area contributed by atoms with Crippen molar-refractivity contribution in [1.82, 2.24) is 3.26 Å². The van der Waals surface area contributed by atoms with Crippen molar-refractivity contribution in [1.29, 1.82) is 0 Å². The summed E-state index contributed by atoms with van der Waals surface area (Å²) in [6, 6.07) is 8.81. The molecular formula is C24H38Cl2NOSiZr. The van der Waals surface area contributed by atoms with E-state index >= 15 is 0 Å². The average molecular weight is 547 g/mol. The van der Waals surface area contributed by atoms with Crippen LogP contribution in [0.15, 0.2) is 30.3 Å². The molecular weight excluding hydrogens is 508 g/mol. The number of rotatable bonds is 4. The van der Waals surface area contributed by atoms with Crippen LogP contribution in [0.1, 0.15) is 85.4 Å². The van der Waals surface area contributed by atoms with Gasteiger partial charge in [-0.15, -0.1) is 0 Å². The molecule has 2 aliphatic carbocycles. The van der Waals surface area contributed by atoms with E-state index in [1.807, 2.05) is 0 Å². The van der Waals surface area contributed by atoms with Crippen LogP contribution in [0.2, 0.25) is 13.1 Å². The minimum atomic E-state index is -2.02. The molecule has 3 rings (SSSR count). The van der Waals surface area contributed by atoms with Crippen molar-refractivity contribution in [3.8, 4) is 0 Å². The number of halogens is 2. The van der Waals surface area contributed by atoms with Crippen LogP contribution in [-0.2, 0) is 26.0 Å². The van der Waals surface area contributed by atoms with Gasteiger partial charge >= 0.3 is 182 Å². The van der Waals surface area contributed by atoms with Gasteiger partial charge in [-0.1, -0.05) is 0 Å². The summed E-state index contributed by atoms with van der Waals surface area (Å²) < 4.78 is 4.31. The van der Waals surface area contributed by atoms with Gasteiger partial charge in [0, 0.05) is 0 Å². The minimum absolute atomic E-state index is 0. The van der Waals surface area contributed by atoms with Gasteiger partial charge in [0.1, 0.15) is 0 Å². The third kappa shape index (κ3) is 8.23. The van der Waals surface area contributed by atoms with Crippen molar-refractivity contribution in [3.63, 3.8) is 0 Å². The largest absolute Gasteiger partial charge is 1.00 e. The van der Waals surface area contributed by atoms with E-state index in [-0.39, 0.29) is 30.7 Å². The Morgan fingerprint density at radius 1 is 0.900 bits per heavy atom. The Balaban J connectivity index is 0.00000225. The first kappa shape index (κ1) is 28.1. The van der Waals surface area contributed by atoms with Gasteiger partial charge in [0.25, 0.3) is 0 Å². The van der Waals surface area contributed by atoms with Crippen LogP contribution in [0, 0.1) is 5.92 Å². The van der Waals surface area contributed by atoms with Gasteiger partial charge in [-0.3, -0.25) is 0 Å². The molecule has 1 N–H and O–H groups in total. The summed E-state index contributed by atoms with van der Waals surface area (Å²) in [5.41, 5.74) is 2.86. The summed E-state index contributed by atoms with van der Waals surface area (Å²) in [6.07, 6.45) is 18.9. The summed E-state index contributed by atoms with van der Waals surface area (Å²) in [4.78, 5) is 13.3. The van der Waals surface area contributed by atoms with E-state index in [4.69, 9.17) is 0 Å². The van der Waals surface area contributed by atoms with Crippen LogP contribution in [0.3, 0.4) is 0 Å². The fourth-order valence-corrected chi connectivity index (χ4v) is 19.6. The monoisotopic (exact) mass is 544 g/mol. The first-order valence-electron chi connectivity index (χ1n) is 11.6. The summed E-state index contributed by atoms with van der Waals surface area (Å²) in [5, 5.41) is 0. The Morgan fingerprint density at radius 2 is 1.43 bits per heavy atom. The second kappa shape index (κ2) is 15.0. The number of carbonyl (C=O) groups is 1. The van der Waals surface area contributed by atoms with Crippen molar-refractivity contribution in [2.75, 3.05) is 0 Å². The molecule has 30 heavy (non-hydrogen) atoms. The van der Waals surface area contributed by atoms with Gasteiger partial charge in [-0.25, -0.2) is 0 Å². The van der Waals surface area contributed by atoms with E-state index in [0.29, 0.717) is 9.53 Å². The Labute approximate surface area is 205 Å². The zero-order valence-electron chi connectivity index (χ0n) is 18.6. The summed E-state index contributed by atoms with van der Waals surface area (Å²) >= 11 is -2.02. The third-order valence-corrected chi connectivity index (χ3v) is 24.1. The molecule has 2 aliphatic rings. The van der Waals surface area contributed by atoms with E-state index in [9.17, 15) is 4.79 Å². The first-order valence-corrected chi connectivity index (χ1v) is 21.4. The van der Waals surface area contributed by atoms with Gasteiger partial charge < -0.3 is 24.8 Å². The molecule has 1 aromatic rings. The van der Waals surface area contributed by atoms with Crippen molar-refractivity contribution in [3.05, 3.63) is 41.5 Å². The zero-order valence-corrected chi connectivity index (χ0v) is 23.8.